The summed E-state index contributed by atoms with van der Waals surface area (Å²) in [4.78, 5) is 103. The first kappa shape index (κ1) is 56.2. The van der Waals surface area contributed by atoms with E-state index < -0.39 is 94.9 Å². The van der Waals surface area contributed by atoms with E-state index in [1.54, 1.807) is 30.3 Å². The number of hydrogen-bond acceptors (Lipinski definition) is 14. The zero-order valence-corrected chi connectivity index (χ0v) is 45.2. The molecule has 10 N–H and O–H groups in total. The Morgan fingerprint density at radius 3 is 1.82 bits per heavy atom. The molecule has 24 heteroatoms. The van der Waals surface area contributed by atoms with Gasteiger partial charge in [-0.2, -0.15) is 0 Å². The summed E-state index contributed by atoms with van der Waals surface area (Å²) in [6, 6.07) is 13.5. The normalized spacial score (nSPS) is 19.1. The quantitative estimate of drug-likeness (QED) is 0.0735. The summed E-state index contributed by atoms with van der Waals surface area (Å²) in [5.41, 5.74) is 7.94. The summed E-state index contributed by atoms with van der Waals surface area (Å²) in [6.45, 7) is 1.32. The van der Waals surface area contributed by atoms with Gasteiger partial charge in [0.15, 0.2) is 29.0 Å². The van der Waals surface area contributed by atoms with Gasteiger partial charge in [-0.15, -0.1) is 0 Å². The van der Waals surface area contributed by atoms with E-state index >= 15 is 14.4 Å². The van der Waals surface area contributed by atoms with Crippen molar-refractivity contribution in [1.29, 1.82) is 0 Å². The highest BCUT2D eigenvalue weighted by Crippen LogP contribution is 2.44. The van der Waals surface area contributed by atoms with Gasteiger partial charge in [0.1, 0.15) is 35.7 Å². The smallest absolute Gasteiger partial charge is 0.333 e. The molecular formula is C56H47Cl4N7O13. The van der Waals surface area contributed by atoms with Gasteiger partial charge in [0.25, 0.3) is 0 Å². The largest absolute Gasteiger partial charge is 0.508 e. The summed E-state index contributed by atoms with van der Waals surface area (Å²) in [5, 5.41) is 53.3. The van der Waals surface area contributed by atoms with Crippen LogP contribution in [-0.4, -0.2) is 97.5 Å². The van der Waals surface area contributed by atoms with Crippen LogP contribution in [0.2, 0.25) is 20.1 Å². The Labute approximate surface area is 474 Å². The first-order valence-corrected chi connectivity index (χ1v) is 25.8. The minimum absolute atomic E-state index is 0.0173. The molecule has 0 fully saturated rings. The molecule has 1 aromatic heterocycles. The van der Waals surface area contributed by atoms with Crippen LogP contribution in [0.4, 0.5) is 0 Å². The summed E-state index contributed by atoms with van der Waals surface area (Å²) in [5.74, 6) is -8.32. The average molecular weight is 1170 g/mol. The number of carbonyl (C=O) groups is 7. The minimum atomic E-state index is -1.96. The van der Waals surface area contributed by atoms with Crippen LogP contribution in [0.3, 0.4) is 0 Å². The number of nitrogens with two attached hydrogens (primary N) is 1. The van der Waals surface area contributed by atoms with E-state index in [1.165, 1.54) is 73.3 Å². The van der Waals surface area contributed by atoms with Crippen LogP contribution in [0.5, 0.6) is 34.5 Å². The maximum Gasteiger partial charge on any atom is 0.333 e. The number of aromatic nitrogens is 1. The van der Waals surface area contributed by atoms with Gasteiger partial charge >= 0.3 is 5.97 Å². The van der Waals surface area contributed by atoms with Gasteiger partial charge in [0.05, 0.1) is 38.8 Å². The molecule has 5 amide bonds. The predicted molar refractivity (Wildman–Crippen MR) is 294 cm³/mol. The number of hydrogen-bond donors (Lipinski definition) is 9. The first-order chi connectivity index (χ1) is 38.0. The number of aromatic hydroxyl groups is 4. The van der Waals surface area contributed by atoms with Crippen molar-refractivity contribution < 1.29 is 63.5 Å². The fourth-order valence-corrected chi connectivity index (χ4v) is 10.5. The summed E-state index contributed by atoms with van der Waals surface area (Å²) in [6.07, 6.45) is 1.09. The SMILES string of the molecule is COC(=O)[C@H](NC(=O)[C@@H]1Cc2ccc(cc2)Oc2cc3cc(c2O)-c2ccc4c(cn(C(C)=O)c4c2)C[C@@H](N)C(=O)N[C@H](c2cc(Cl)c(O)c(Cl)c2)C(=O)N[C@H]3C(=O)N[C@H](c2cc(Cl)c(O)c(Cl)c2)C(=O)N1C)c1ccc(O)cc1. The molecule has 80 heavy (non-hydrogen) atoms. The number of carbonyl (C=O) groups excluding carboxylic acids is 7. The summed E-state index contributed by atoms with van der Waals surface area (Å²) >= 11 is 25.7. The zero-order chi connectivity index (χ0) is 57.6. The van der Waals surface area contributed by atoms with Gasteiger partial charge in [-0.25, -0.2) is 4.79 Å². The van der Waals surface area contributed by atoms with Crippen LogP contribution in [-0.2, 0) is 46.3 Å². The maximum absolute atomic E-state index is 15.6. The molecule has 5 heterocycles. The number of amides is 5. The number of benzene rings is 6. The second-order valence-corrected chi connectivity index (χ2v) is 20.6. The van der Waals surface area contributed by atoms with Crippen LogP contribution in [0.15, 0.2) is 109 Å². The van der Waals surface area contributed by atoms with Crippen molar-refractivity contribution in [3.63, 3.8) is 0 Å². The highest BCUT2D eigenvalue weighted by molar-refractivity contribution is 6.38. The number of esters is 1. The number of likely N-dealkylation sites (N-methyl/N-ethyl adjacent to an activating group) is 1. The number of nitrogens with one attached hydrogen (secondary N) is 4. The van der Waals surface area contributed by atoms with E-state index in [9.17, 15) is 39.6 Å². The van der Waals surface area contributed by atoms with Gasteiger partial charge in [-0.05, 0) is 112 Å². The zero-order valence-electron chi connectivity index (χ0n) is 42.2. The Balaban J connectivity index is 1.27. The molecule has 0 spiro atoms. The topological polar surface area (TPSA) is 301 Å². The number of fused-ring (bicyclic) bond motifs is 15. The second kappa shape index (κ2) is 22.7. The van der Waals surface area contributed by atoms with Crippen molar-refractivity contribution in [2.24, 2.45) is 5.73 Å². The third-order valence-corrected chi connectivity index (χ3v) is 14.9. The molecule has 412 valence electrons. The number of nitrogens with zero attached hydrogens (tertiary/aromatic N) is 2. The van der Waals surface area contributed by atoms with E-state index in [2.05, 4.69) is 21.3 Å². The number of phenolic OH excluding ortho intramolecular Hbond substituents is 4. The Hall–Kier alpha value is -8.53. The molecule has 0 unspecified atom stereocenters. The second-order valence-electron chi connectivity index (χ2n) is 19.0. The molecule has 9 bridgehead atoms. The van der Waals surface area contributed by atoms with Crippen molar-refractivity contribution in [1.82, 2.24) is 30.7 Å². The number of rotatable bonds is 6. The molecule has 0 saturated heterocycles. The number of ether oxygens (including phenoxy) is 2. The molecule has 7 aromatic rings. The summed E-state index contributed by atoms with van der Waals surface area (Å²) in [7, 11) is 2.36. The van der Waals surface area contributed by atoms with Gasteiger partial charge in [-0.1, -0.05) is 82.8 Å². The fourth-order valence-electron chi connectivity index (χ4n) is 9.51. The molecule has 4 aliphatic heterocycles. The van der Waals surface area contributed by atoms with Gasteiger partial charge in [0, 0.05) is 37.5 Å². The lowest BCUT2D eigenvalue weighted by molar-refractivity contribution is -0.147. The Morgan fingerprint density at radius 1 is 0.700 bits per heavy atom. The van der Waals surface area contributed by atoms with E-state index in [4.69, 9.17) is 61.6 Å². The highest BCUT2D eigenvalue weighted by Gasteiger charge is 2.39. The van der Waals surface area contributed by atoms with E-state index in [1.807, 2.05) is 0 Å². The number of halogens is 4. The lowest BCUT2D eigenvalue weighted by Crippen LogP contribution is -2.54. The van der Waals surface area contributed by atoms with Crippen molar-refractivity contribution in [2.45, 2.75) is 56.0 Å². The Kier molecular flexibility index (Phi) is 15.9. The molecule has 0 aliphatic carbocycles. The van der Waals surface area contributed by atoms with Crippen molar-refractivity contribution in [3.05, 3.63) is 163 Å². The Bertz CT molecular complexity index is 3660. The number of methoxy groups -OCH3 is 1. The van der Waals surface area contributed by atoms with Crippen LogP contribution < -0.4 is 31.7 Å². The van der Waals surface area contributed by atoms with Crippen molar-refractivity contribution >= 4 is 98.7 Å². The minimum Gasteiger partial charge on any atom is -0.508 e. The van der Waals surface area contributed by atoms with Crippen LogP contribution >= 0.6 is 46.4 Å². The van der Waals surface area contributed by atoms with E-state index in [0.717, 1.165) is 36.3 Å². The molecule has 6 atom stereocenters. The van der Waals surface area contributed by atoms with Crippen LogP contribution in [0.1, 0.15) is 69.3 Å². The first-order valence-electron chi connectivity index (χ1n) is 24.3. The molecule has 0 radical (unpaired) electrons. The maximum atomic E-state index is 15.6. The van der Waals surface area contributed by atoms with Crippen LogP contribution in [0, 0.1) is 0 Å². The Morgan fingerprint density at radius 2 is 1.25 bits per heavy atom. The molecule has 20 nitrogen and oxygen atoms in total. The molecule has 11 rings (SSSR count). The molecule has 4 aliphatic rings. The van der Waals surface area contributed by atoms with E-state index in [0.29, 0.717) is 22.0 Å². The predicted octanol–water partition coefficient (Wildman–Crippen LogP) is 7.37. The van der Waals surface area contributed by atoms with Crippen molar-refractivity contribution in [3.8, 4) is 45.6 Å². The van der Waals surface area contributed by atoms with Crippen molar-refractivity contribution in [2.75, 3.05) is 14.2 Å². The molecule has 6 aromatic carbocycles. The number of phenols is 4. The van der Waals surface area contributed by atoms with Gasteiger partial charge < -0.3 is 61.8 Å². The lowest BCUT2D eigenvalue weighted by atomic mass is 9.94. The average Bonchev–Trinajstić information content (AvgIpc) is 3.89. The molecular weight excluding hydrogens is 1120 g/mol. The van der Waals surface area contributed by atoms with Gasteiger partial charge in [-0.3, -0.25) is 33.3 Å². The van der Waals surface area contributed by atoms with Gasteiger partial charge in [0.2, 0.25) is 35.4 Å². The van der Waals surface area contributed by atoms with E-state index in [-0.39, 0.29) is 83.6 Å². The summed E-state index contributed by atoms with van der Waals surface area (Å²) < 4.78 is 12.7. The lowest BCUT2D eigenvalue weighted by Gasteiger charge is -2.33. The standard InChI is InChI=1S/C56H47Cl4N7O13/c1-24(68)67-23-31-20-40(61)51(73)62-45(29-16-36(57)49(71)37(58)17-29)53(75)63-44-28-15-35(27-8-13-34(31)41(67)21-27)48(70)43(22-28)80-33-11-4-25(5-12-33)14-42(52(74)65-47(56(78)79-3)26-6-9-32(69)10-7-26)66(2)55(77)46(64-54(44)76)30-18-38(59)50(72)39(60)19-30/h4-13,15-19,21-23,40,42,44-47,69-72H,14,20,61H2,1-3H3,(H,62,73)(H,63,75)(H,64,76)(H,65,74)/t40-,42+,44-,45-,46-,47-/m1/s1. The monoisotopic (exact) mass is 1170 g/mol. The molecule has 0 saturated carbocycles. The van der Waals surface area contributed by atoms with Crippen LogP contribution in [0.25, 0.3) is 22.0 Å². The highest BCUT2D eigenvalue weighted by atomic mass is 35.5. The third kappa shape index (κ3) is 11.2. The fraction of sp³-hybridized carbons (Fsp3) is 0.196. The third-order valence-electron chi connectivity index (χ3n) is 13.8.